The van der Waals surface area contributed by atoms with Crippen LogP contribution in [-0.4, -0.2) is 38.2 Å². The molecule has 1 saturated carbocycles. The molecule has 7 nitrogen and oxygen atoms in total. The average molecular weight is 432 g/mol. The van der Waals surface area contributed by atoms with Crippen molar-refractivity contribution >= 4 is 16.9 Å². The number of benzene rings is 1. The number of aromatic nitrogens is 3. The Balaban J connectivity index is 1.76. The number of carbonyl (C=O) groups excluding carboxylic acids is 1. The van der Waals surface area contributed by atoms with Gasteiger partial charge < -0.3 is 15.2 Å². The van der Waals surface area contributed by atoms with Crippen LogP contribution in [0.15, 0.2) is 49.2 Å². The van der Waals surface area contributed by atoms with E-state index in [2.05, 4.69) is 26.7 Å². The average Bonchev–Trinajstić information content (AvgIpc) is 3.08. The summed E-state index contributed by atoms with van der Waals surface area (Å²) in [7, 11) is 0. The number of alkyl halides is 3. The first-order chi connectivity index (χ1) is 14.7. The van der Waals surface area contributed by atoms with Gasteiger partial charge in [-0.25, -0.2) is 9.67 Å². The number of nitrogens with zero attached hydrogens (tertiary/aromatic N) is 3. The van der Waals surface area contributed by atoms with E-state index < -0.39 is 6.36 Å². The number of hydrogen-bond acceptors (Lipinski definition) is 5. The molecule has 0 spiro atoms. The zero-order valence-corrected chi connectivity index (χ0v) is 16.3. The van der Waals surface area contributed by atoms with E-state index in [1.165, 1.54) is 28.9 Å². The van der Waals surface area contributed by atoms with Crippen LogP contribution in [0.25, 0.3) is 16.7 Å². The van der Waals surface area contributed by atoms with Crippen molar-refractivity contribution in [3.05, 3.63) is 60.4 Å². The van der Waals surface area contributed by atoms with Crippen molar-refractivity contribution in [2.24, 2.45) is 0 Å². The predicted molar refractivity (Wildman–Crippen MR) is 106 cm³/mol. The standard InChI is InChI=1S/C21H19F3N4O3/c1-2-18(30)26-11-17-19-16(12-9-14(29)10-12)7-8-25-20(19)28(27-17)13-3-5-15(6-4-13)31-21(22,23)24/h2-8,12,14,29H,1,9-11H2,(H,26,30)/t12-,14-. The minimum Gasteiger partial charge on any atom is -0.406 e. The number of carbonyl (C=O) groups is 1. The van der Waals surface area contributed by atoms with Crippen molar-refractivity contribution in [1.82, 2.24) is 20.1 Å². The minimum absolute atomic E-state index is 0.123. The van der Waals surface area contributed by atoms with Crippen molar-refractivity contribution in [3.63, 3.8) is 0 Å². The Morgan fingerprint density at radius 3 is 2.61 bits per heavy atom. The van der Waals surface area contributed by atoms with Gasteiger partial charge >= 0.3 is 6.36 Å². The molecule has 0 unspecified atom stereocenters. The summed E-state index contributed by atoms with van der Waals surface area (Å²) in [5.74, 6) is -0.571. The number of aliphatic hydroxyl groups is 1. The Morgan fingerprint density at radius 2 is 2.00 bits per heavy atom. The first-order valence-electron chi connectivity index (χ1n) is 9.56. The lowest BCUT2D eigenvalue weighted by molar-refractivity contribution is -0.274. The molecule has 31 heavy (non-hydrogen) atoms. The molecule has 1 aliphatic rings. The highest BCUT2D eigenvalue weighted by Gasteiger charge is 2.32. The van der Waals surface area contributed by atoms with E-state index in [1.807, 2.05) is 6.07 Å². The summed E-state index contributed by atoms with van der Waals surface area (Å²) < 4.78 is 42.7. The zero-order chi connectivity index (χ0) is 22.2. The second kappa shape index (κ2) is 8.03. The van der Waals surface area contributed by atoms with Crippen LogP contribution in [-0.2, 0) is 11.3 Å². The highest BCUT2D eigenvalue weighted by molar-refractivity contribution is 5.88. The summed E-state index contributed by atoms with van der Waals surface area (Å²) in [6.45, 7) is 3.55. The van der Waals surface area contributed by atoms with Crippen LogP contribution >= 0.6 is 0 Å². The maximum absolute atomic E-state index is 12.4. The maximum Gasteiger partial charge on any atom is 0.573 e. The number of ether oxygens (including phenoxy) is 1. The molecule has 2 N–H and O–H groups in total. The Hall–Kier alpha value is -3.40. The largest absolute Gasteiger partial charge is 0.573 e. The van der Waals surface area contributed by atoms with Gasteiger partial charge in [-0.05, 0) is 60.7 Å². The number of halogens is 3. The highest BCUT2D eigenvalue weighted by Crippen LogP contribution is 2.40. The molecule has 0 saturated heterocycles. The Labute approximate surface area is 175 Å². The second-order valence-corrected chi connectivity index (χ2v) is 7.24. The number of nitrogens with one attached hydrogen (secondary N) is 1. The molecule has 1 aromatic carbocycles. The third-order valence-corrected chi connectivity index (χ3v) is 5.16. The van der Waals surface area contributed by atoms with Crippen LogP contribution in [0, 0.1) is 0 Å². The van der Waals surface area contributed by atoms with E-state index >= 15 is 0 Å². The van der Waals surface area contributed by atoms with Gasteiger partial charge in [-0.2, -0.15) is 5.10 Å². The molecule has 1 aliphatic carbocycles. The fourth-order valence-electron chi connectivity index (χ4n) is 3.66. The van der Waals surface area contributed by atoms with Crippen LogP contribution in [0.2, 0.25) is 0 Å². The van der Waals surface area contributed by atoms with Crippen molar-refractivity contribution in [2.45, 2.75) is 37.8 Å². The van der Waals surface area contributed by atoms with Gasteiger partial charge in [0.25, 0.3) is 0 Å². The summed E-state index contributed by atoms with van der Waals surface area (Å²) in [4.78, 5) is 16.1. The highest BCUT2D eigenvalue weighted by atomic mass is 19.4. The molecular weight excluding hydrogens is 413 g/mol. The summed E-state index contributed by atoms with van der Waals surface area (Å²) in [6, 6.07) is 7.15. The fourth-order valence-corrected chi connectivity index (χ4v) is 3.66. The maximum atomic E-state index is 12.4. The molecule has 1 amide bonds. The van der Waals surface area contributed by atoms with Gasteiger partial charge in [-0.1, -0.05) is 6.58 Å². The molecular formula is C21H19F3N4O3. The molecule has 2 aromatic heterocycles. The molecule has 3 aromatic rings. The quantitative estimate of drug-likeness (QED) is 0.583. The smallest absolute Gasteiger partial charge is 0.406 e. The van der Waals surface area contributed by atoms with Crippen LogP contribution in [0.3, 0.4) is 0 Å². The van der Waals surface area contributed by atoms with Crippen molar-refractivity contribution in [2.75, 3.05) is 0 Å². The molecule has 0 bridgehead atoms. The molecule has 0 radical (unpaired) electrons. The molecule has 0 aliphatic heterocycles. The van der Waals surface area contributed by atoms with Crippen molar-refractivity contribution in [1.29, 1.82) is 0 Å². The zero-order valence-electron chi connectivity index (χ0n) is 16.3. The first kappa shape index (κ1) is 20.9. The van der Waals surface area contributed by atoms with E-state index in [9.17, 15) is 23.1 Å². The van der Waals surface area contributed by atoms with Crippen LogP contribution in [0.1, 0.15) is 30.0 Å². The third kappa shape index (κ3) is 4.38. The van der Waals surface area contributed by atoms with Crippen molar-refractivity contribution < 1.29 is 27.8 Å². The summed E-state index contributed by atoms with van der Waals surface area (Å²) in [5.41, 5.74) is 2.51. The van der Waals surface area contributed by atoms with Crippen LogP contribution in [0.5, 0.6) is 5.75 Å². The molecule has 1 fully saturated rings. The molecule has 0 atom stereocenters. The normalized spacial score (nSPS) is 18.5. The van der Waals surface area contributed by atoms with E-state index in [-0.39, 0.29) is 30.2 Å². The third-order valence-electron chi connectivity index (χ3n) is 5.16. The van der Waals surface area contributed by atoms with Gasteiger partial charge in [0.05, 0.1) is 24.0 Å². The fraction of sp³-hybridized carbons (Fsp3) is 0.286. The lowest BCUT2D eigenvalue weighted by Gasteiger charge is -2.32. The van der Waals surface area contributed by atoms with E-state index in [4.69, 9.17) is 0 Å². The lowest BCUT2D eigenvalue weighted by Crippen LogP contribution is -2.27. The summed E-state index contributed by atoms with van der Waals surface area (Å²) in [6.07, 6.45) is -1.11. The number of amides is 1. The second-order valence-electron chi connectivity index (χ2n) is 7.24. The van der Waals surface area contributed by atoms with Crippen LogP contribution in [0.4, 0.5) is 13.2 Å². The van der Waals surface area contributed by atoms with Gasteiger partial charge in [0.2, 0.25) is 5.91 Å². The Kier molecular flexibility index (Phi) is 5.40. The molecule has 2 heterocycles. The Morgan fingerprint density at radius 1 is 1.29 bits per heavy atom. The molecule has 162 valence electrons. The Bertz CT molecular complexity index is 1120. The molecule has 10 heteroatoms. The lowest BCUT2D eigenvalue weighted by atomic mass is 9.77. The van der Waals surface area contributed by atoms with Gasteiger partial charge in [0.15, 0.2) is 5.65 Å². The number of hydrogen-bond donors (Lipinski definition) is 2. The van der Waals surface area contributed by atoms with Gasteiger partial charge in [-0.15, -0.1) is 13.2 Å². The van der Waals surface area contributed by atoms with E-state index in [1.54, 1.807) is 6.20 Å². The number of pyridine rings is 1. The SMILES string of the molecule is C=CC(=O)NCc1nn(-c2ccc(OC(F)(F)F)cc2)c2nccc([C@H]3C[C@H](O)C3)c12. The number of fused-ring (bicyclic) bond motifs is 1. The van der Waals surface area contributed by atoms with E-state index in [0.29, 0.717) is 29.9 Å². The summed E-state index contributed by atoms with van der Waals surface area (Å²) in [5, 5.41) is 17.7. The number of rotatable bonds is 6. The minimum atomic E-state index is -4.78. The van der Waals surface area contributed by atoms with Gasteiger partial charge in [0, 0.05) is 11.6 Å². The monoisotopic (exact) mass is 432 g/mol. The topological polar surface area (TPSA) is 89.3 Å². The predicted octanol–water partition coefficient (Wildman–Crippen LogP) is 3.36. The van der Waals surface area contributed by atoms with E-state index in [0.717, 1.165) is 17.0 Å². The summed E-state index contributed by atoms with van der Waals surface area (Å²) >= 11 is 0. The van der Waals surface area contributed by atoms with Gasteiger partial charge in [-0.3, -0.25) is 4.79 Å². The number of aliphatic hydroxyl groups excluding tert-OH is 1. The van der Waals surface area contributed by atoms with Gasteiger partial charge in [0.1, 0.15) is 5.75 Å². The first-order valence-corrected chi connectivity index (χ1v) is 9.56. The van der Waals surface area contributed by atoms with Crippen LogP contribution < -0.4 is 10.1 Å². The van der Waals surface area contributed by atoms with Crippen molar-refractivity contribution in [3.8, 4) is 11.4 Å². The molecule has 4 rings (SSSR count).